The van der Waals surface area contributed by atoms with Gasteiger partial charge in [-0.2, -0.15) is 0 Å². The number of fused-ring (bicyclic) bond motifs is 3. The van der Waals surface area contributed by atoms with Gasteiger partial charge in [-0.15, -0.1) is 11.3 Å². The Bertz CT molecular complexity index is 904. The first-order valence-corrected chi connectivity index (χ1v) is 8.42. The van der Waals surface area contributed by atoms with Crippen molar-refractivity contribution in [3.8, 4) is 0 Å². The van der Waals surface area contributed by atoms with Crippen LogP contribution in [0.2, 0.25) is 0 Å². The van der Waals surface area contributed by atoms with Crippen molar-refractivity contribution in [3.05, 3.63) is 54.4 Å². The van der Waals surface area contributed by atoms with Crippen molar-refractivity contribution in [2.45, 2.75) is 26.4 Å². The smallest absolute Gasteiger partial charge is 0.110 e. The molecule has 2 aromatic carbocycles. The molecule has 0 atom stereocenters. The Morgan fingerprint density at radius 3 is 2.45 bits per heavy atom. The zero-order valence-electron chi connectivity index (χ0n) is 13.4. The highest BCUT2D eigenvalue weighted by atomic mass is 32.1. The van der Waals surface area contributed by atoms with Gasteiger partial charge < -0.3 is 9.80 Å². The van der Waals surface area contributed by atoms with Gasteiger partial charge in [0.05, 0.1) is 0 Å². The lowest BCUT2D eigenvalue weighted by atomic mass is 10.1. The van der Waals surface area contributed by atoms with Crippen LogP contribution in [-0.2, 0) is 0 Å². The number of hydrogen-bond acceptors (Lipinski definition) is 3. The summed E-state index contributed by atoms with van der Waals surface area (Å²) in [5, 5.41) is 2.72. The zero-order chi connectivity index (χ0) is 15.5. The lowest BCUT2D eigenvalue weighted by molar-refractivity contribution is 0.253. The third kappa shape index (κ3) is 1.78. The first-order chi connectivity index (χ1) is 10.5. The Morgan fingerprint density at radius 2 is 1.73 bits per heavy atom. The SMILES string of the molecule is Cc1cc2sc3ccccc3c2cc1N1C=CN(C)C1(C)C. The summed E-state index contributed by atoms with van der Waals surface area (Å²) in [6, 6.07) is 13.4. The highest BCUT2D eigenvalue weighted by Gasteiger charge is 2.33. The van der Waals surface area contributed by atoms with Crippen molar-refractivity contribution in [1.29, 1.82) is 0 Å². The predicted octanol–water partition coefficient (Wildman–Crippen LogP) is 5.32. The van der Waals surface area contributed by atoms with Crippen LogP contribution in [0.4, 0.5) is 5.69 Å². The maximum atomic E-state index is 2.37. The molecule has 0 N–H and O–H groups in total. The molecule has 0 saturated carbocycles. The summed E-state index contributed by atoms with van der Waals surface area (Å²) < 4.78 is 2.74. The number of benzene rings is 2. The van der Waals surface area contributed by atoms with Gasteiger partial charge in [-0.05, 0) is 44.5 Å². The Morgan fingerprint density at radius 1 is 0.955 bits per heavy atom. The maximum absolute atomic E-state index is 2.37. The van der Waals surface area contributed by atoms with E-state index in [0.29, 0.717) is 0 Å². The Hall–Kier alpha value is -2.00. The van der Waals surface area contributed by atoms with Crippen molar-refractivity contribution in [1.82, 2.24) is 4.90 Å². The summed E-state index contributed by atoms with van der Waals surface area (Å²) >= 11 is 1.88. The van der Waals surface area contributed by atoms with Gasteiger partial charge in [0, 0.05) is 45.3 Å². The number of aryl methyl sites for hydroxylation is 1. The Labute approximate surface area is 135 Å². The van der Waals surface area contributed by atoms with Crippen LogP contribution in [0.5, 0.6) is 0 Å². The van der Waals surface area contributed by atoms with Crippen LogP contribution in [0, 0.1) is 6.92 Å². The molecule has 22 heavy (non-hydrogen) atoms. The molecule has 2 heterocycles. The van der Waals surface area contributed by atoms with Crippen molar-refractivity contribution >= 4 is 37.2 Å². The van der Waals surface area contributed by atoms with Crippen LogP contribution in [-0.4, -0.2) is 17.6 Å². The van der Waals surface area contributed by atoms with Crippen LogP contribution in [0.25, 0.3) is 20.2 Å². The lowest BCUT2D eigenvalue weighted by Gasteiger charge is -2.39. The minimum absolute atomic E-state index is 0.0374. The molecule has 0 fully saturated rings. The van der Waals surface area contributed by atoms with Gasteiger partial charge in [0.25, 0.3) is 0 Å². The Balaban J connectivity index is 1.97. The van der Waals surface area contributed by atoms with Gasteiger partial charge >= 0.3 is 0 Å². The highest BCUT2D eigenvalue weighted by molar-refractivity contribution is 7.25. The van der Waals surface area contributed by atoms with Crippen LogP contribution in [0.15, 0.2) is 48.8 Å². The van der Waals surface area contributed by atoms with Gasteiger partial charge in [0.15, 0.2) is 0 Å². The first-order valence-electron chi connectivity index (χ1n) is 7.61. The Kier molecular flexibility index (Phi) is 2.79. The molecular weight excluding hydrogens is 288 g/mol. The molecule has 0 spiro atoms. The van der Waals surface area contributed by atoms with E-state index in [9.17, 15) is 0 Å². The average Bonchev–Trinajstić information content (AvgIpc) is 2.96. The topological polar surface area (TPSA) is 6.48 Å². The molecule has 112 valence electrons. The molecule has 0 unspecified atom stereocenters. The van der Waals surface area contributed by atoms with E-state index < -0.39 is 0 Å². The van der Waals surface area contributed by atoms with E-state index in [1.165, 1.54) is 31.4 Å². The van der Waals surface area contributed by atoms with E-state index in [4.69, 9.17) is 0 Å². The molecular formula is C19H20N2S. The highest BCUT2D eigenvalue weighted by Crippen LogP contribution is 2.40. The van der Waals surface area contributed by atoms with Gasteiger partial charge in [0.2, 0.25) is 0 Å². The fourth-order valence-electron chi connectivity index (χ4n) is 3.20. The zero-order valence-corrected chi connectivity index (χ0v) is 14.2. The standard InChI is InChI=1S/C19H20N2S/c1-13-11-18-15(14-7-5-6-8-17(14)22-18)12-16(13)21-10-9-20(4)19(21,2)3/h5-12H,1-4H3. The molecule has 3 heteroatoms. The van der Waals surface area contributed by atoms with Crippen LogP contribution in [0.1, 0.15) is 19.4 Å². The molecule has 0 saturated heterocycles. The van der Waals surface area contributed by atoms with Crippen LogP contribution >= 0.6 is 11.3 Å². The van der Waals surface area contributed by atoms with Crippen molar-refractivity contribution < 1.29 is 0 Å². The van der Waals surface area contributed by atoms with Gasteiger partial charge in [-0.1, -0.05) is 18.2 Å². The molecule has 4 rings (SSSR count). The van der Waals surface area contributed by atoms with E-state index >= 15 is 0 Å². The van der Waals surface area contributed by atoms with Crippen LogP contribution in [0.3, 0.4) is 0 Å². The third-order valence-corrected chi connectivity index (χ3v) is 5.98. The maximum Gasteiger partial charge on any atom is 0.110 e. The summed E-state index contributed by atoms with van der Waals surface area (Å²) in [5.74, 6) is 0. The quantitative estimate of drug-likeness (QED) is 0.600. The molecule has 3 aromatic rings. The molecule has 0 radical (unpaired) electrons. The van der Waals surface area contributed by atoms with Crippen molar-refractivity contribution in [3.63, 3.8) is 0 Å². The fraction of sp³-hybridized carbons (Fsp3) is 0.263. The van der Waals surface area contributed by atoms with E-state index in [1.54, 1.807) is 0 Å². The summed E-state index contributed by atoms with van der Waals surface area (Å²) in [6.07, 6.45) is 4.33. The largest absolute Gasteiger partial charge is 0.357 e. The second-order valence-corrected chi connectivity index (χ2v) is 7.59. The molecule has 0 amide bonds. The number of nitrogens with zero attached hydrogens (tertiary/aromatic N) is 2. The number of rotatable bonds is 1. The number of thiophene rings is 1. The molecule has 0 bridgehead atoms. The predicted molar refractivity (Wildman–Crippen MR) is 97.5 cm³/mol. The molecule has 1 aliphatic heterocycles. The molecule has 1 aliphatic rings. The van der Waals surface area contributed by atoms with Crippen molar-refractivity contribution in [2.75, 3.05) is 11.9 Å². The molecule has 0 aliphatic carbocycles. The second kappa shape index (κ2) is 4.50. The van der Waals surface area contributed by atoms with Gasteiger partial charge in [-0.25, -0.2) is 0 Å². The summed E-state index contributed by atoms with van der Waals surface area (Å²) in [6.45, 7) is 6.71. The average molecular weight is 308 g/mol. The fourth-order valence-corrected chi connectivity index (χ4v) is 4.38. The van der Waals surface area contributed by atoms with Gasteiger partial charge in [0.1, 0.15) is 5.66 Å². The summed E-state index contributed by atoms with van der Waals surface area (Å²) in [4.78, 5) is 4.62. The molecule has 2 nitrogen and oxygen atoms in total. The van der Waals surface area contributed by atoms with E-state index in [2.05, 4.69) is 86.4 Å². The monoisotopic (exact) mass is 308 g/mol. The summed E-state index contributed by atoms with van der Waals surface area (Å²) in [5.41, 5.74) is 2.58. The normalized spacial score (nSPS) is 17.1. The summed E-state index contributed by atoms with van der Waals surface area (Å²) in [7, 11) is 2.13. The van der Waals surface area contributed by atoms with E-state index in [-0.39, 0.29) is 5.66 Å². The third-order valence-electron chi connectivity index (χ3n) is 4.85. The van der Waals surface area contributed by atoms with Crippen molar-refractivity contribution in [2.24, 2.45) is 0 Å². The lowest BCUT2D eigenvalue weighted by Crippen LogP contribution is -2.46. The van der Waals surface area contributed by atoms with E-state index in [1.807, 2.05) is 11.3 Å². The minimum Gasteiger partial charge on any atom is -0.357 e. The first kappa shape index (κ1) is 13.6. The van der Waals surface area contributed by atoms with Gasteiger partial charge in [-0.3, -0.25) is 0 Å². The number of hydrogen-bond donors (Lipinski definition) is 0. The molecule has 1 aromatic heterocycles. The minimum atomic E-state index is -0.0374. The number of anilines is 1. The van der Waals surface area contributed by atoms with Crippen LogP contribution < -0.4 is 4.90 Å². The second-order valence-electron chi connectivity index (χ2n) is 6.51. The van der Waals surface area contributed by atoms with E-state index in [0.717, 1.165) is 0 Å².